The molecule has 0 aliphatic carbocycles. The summed E-state index contributed by atoms with van der Waals surface area (Å²) >= 11 is 1.83. The van der Waals surface area contributed by atoms with Crippen molar-refractivity contribution in [2.75, 3.05) is 19.8 Å². The highest BCUT2D eigenvalue weighted by Crippen LogP contribution is 2.17. The van der Waals surface area contributed by atoms with E-state index < -0.39 is 0 Å². The Labute approximate surface area is 101 Å². The first-order valence-electron chi connectivity index (χ1n) is 5.90. The highest BCUT2D eigenvalue weighted by molar-refractivity contribution is 7.10. The van der Waals surface area contributed by atoms with Gasteiger partial charge in [0.05, 0.1) is 13.2 Å². The molecule has 1 saturated heterocycles. The van der Waals surface area contributed by atoms with E-state index in [0.717, 1.165) is 26.1 Å². The Kier molecular flexibility index (Phi) is 4.35. The lowest BCUT2D eigenvalue weighted by Gasteiger charge is -2.13. The Morgan fingerprint density at radius 3 is 3.12 bits per heavy atom. The van der Waals surface area contributed by atoms with E-state index in [1.54, 1.807) is 0 Å². The second kappa shape index (κ2) is 5.77. The van der Waals surface area contributed by atoms with Crippen LogP contribution in [0.1, 0.15) is 17.4 Å². The van der Waals surface area contributed by atoms with Crippen LogP contribution in [0.25, 0.3) is 0 Å². The van der Waals surface area contributed by atoms with E-state index in [4.69, 9.17) is 10.5 Å². The number of hydrogen-bond acceptors (Lipinski definition) is 4. The summed E-state index contributed by atoms with van der Waals surface area (Å²) in [6, 6.07) is 2.42. The number of ether oxygens (including phenoxy) is 1. The van der Waals surface area contributed by atoms with Crippen molar-refractivity contribution in [2.24, 2.45) is 11.7 Å². The Bertz CT molecular complexity index is 327. The van der Waals surface area contributed by atoms with Gasteiger partial charge in [-0.15, -0.1) is 11.3 Å². The van der Waals surface area contributed by atoms with Crippen LogP contribution in [0, 0.1) is 5.92 Å². The molecule has 0 amide bonds. The zero-order valence-electron chi connectivity index (χ0n) is 9.74. The molecule has 3 nitrogen and oxygen atoms in total. The van der Waals surface area contributed by atoms with Crippen LogP contribution in [-0.4, -0.2) is 25.8 Å². The molecule has 1 aromatic rings. The summed E-state index contributed by atoms with van der Waals surface area (Å²) in [6.45, 7) is 5.64. The van der Waals surface area contributed by atoms with Crippen molar-refractivity contribution in [3.8, 4) is 0 Å². The van der Waals surface area contributed by atoms with E-state index in [1.165, 1.54) is 10.4 Å². The van der Waals surface area contributed by atoms with Gasteiger partial charge in [0, 0.05) is 29.9 Å². The van der Waals surface area contributed by atoms with Crippen molar-refractivity contribution < 1.29 is 4.74 Å². The van der Waals surface area contributed by atoms with Crippen molar-refractivity contribution in [3.05, 3.63) is 21.9 Å². The second-order valence-electron chi connectivity index (χ2n) is 4.31. The number of aryl methyl sites for hydroxylation is 1. The number of nitrogens with one attached hydrogen (secondary N) is 1. The second-order valence-corrected chi connectivity index (χ2v) is 5.32. The summed E-state index contributed by atoms with van der Waals surface area (Å²) in [7, 11) is 0. The summed E-state index contributed by atoms with van der Waals surface area (Å²) < 4.78 is 5.34. The van der Waals surface area contributed by atoms with Crippen LogP contribution in [0.2, 0.25) is 0 Å². The van der Waals surface area contributed by atoms with Crippen molar-refractivity contribution in [1.29, 1.82) is 0 Å². The van der Waals surface area contributed by atoms with Gasteiger partial charge in [-0.1, -0.05) is 6.92 Å². The predicted molar refractivity (Wildman–Crippen MR) is 67.7 cm³/mol. The number of hydrogen-bond donors (Lipinski definition) is 2. The summed E-state index contributed by atoms with van der Waals surface area (Å²) in [4.78, 5) is 1.45. The number of rotatable bonds is 5. The lowest BCUT2D eigenvalue weighted by atomic mass is 10.1. The summed E-state index contributed by atoms with van der Waals surface area (Å²) in [5, 5.41) is 5.65. The topological polar surface area (TPSA) is 47.3 Å². The largest absolute Gasteiger partial charge is 0.379 e. The minimum atomic E-state index is 0.210. The number of thiophene rings is 1. The van der Waals surface area contributed by atoms with Crippen LogP contribution in [-0.2, 0) is 17.7 Å². The molecule has 1 aromatic heterocycles. The zero-order valence-corrected chi connectivity index (χ0v) is 10.6. The smallest absolute Gasteiger partial charge is 0.0621 e. The molecule has 0 saturated carbocycles. The Hall–Kier alpha value is -0.420. The fourth-order valence-corrected chi connectivity index (χ4v) is 2.98. The molecule has 0 spiro atoms. The highest BCUT2D eigenvalue weighted by Gasteiger charge is 2.24. The van der Waals surface area contributed by atoms with Gasteiger partial charge >= 0.3 is 0 Å². The number of nitrogens with two attached hydrogens (primary N) is 1. The van der Waals surface area contributed by atoms with Gasteiger partial charge in [0.25, 0.3) is 0 Å². The van der Waals surface area contributed by atoms with E-state index in [9.17, 15) is 0 Å². The molecular formula is C12H20N2OS. The molecule has 4 heteroatoms. The summed E-state index contributed by atoms with van der Waals surface area (Å²) in [5.41, 5.74) is 7.39. The molecular weight excluding hydrogens is 220 g/mol. The zero-order chi connectivity index (χ0) is 11.4. The van der Waals surface area contributed by atoms with E-state index >= 15 is 0 Å². The van der Waals surface area contributed by atoms with Gasteiger partial charge < -0.3 is 15.8 Å². The average Bonchev–Trinajstić information content (AvgIpc) is 2.88. The third-order valence-corrected chi connectivity index (χ3v) is 4.12. The monoisotopic (exact) mass is 240 g/mol. The molecule has 1 aliphatic heterocycles. The molecule has 16 heavy (non-hydrogen) atoms. The molecule has 2 unspecified atom stereocenters. The standard InChI is InChI=1S/C12H20N2OS/c1-2-9-3-4-16-12(9)6-14-5-10-7-15-8-11(10)13/h3-4,10-11,14H,2,5-8,13H2,1H3. The Balaban J connectivity index is 1.75. The van der Waals surface area contributed by atoms with Crippen molar-refractivity contribution in [3.63, 3.8) is 0 Å². The van der Waals surface area contributed by atoms with Gasteiger partial charge in [-0.25, -0.2) is 0 Å². The molecule has 2 atom stereocenters. The van der Waals surface area contributed by atoms with Gasteiger partial charge in [-0.3, -0.25) is 0 Å². The van der Waals surface area contributed by atoms with Crippen LogP contribution in [0.5, 0.6) is 0 Å². The van der Waals surface area contributed by atoms with Crippen LogP contribution in [0.4, 0.5) is 0 Å². The summed E-state index contributed by atoms with van der Waals surface area (Å²) in [6.07, 6.45) is 1.12. The maximum absolute atomic E-state index is 5.93. The molecule has 3 N–H and O–H groups in total. The van der Waals surface area contributed by atoms with E-state index in [0.29, 0.717) is 12.5 Å². The molecule has 90 valence electrons. The molecule has 2 heterocycles. The lowest BCUT2D eigenvalue weighted by Crippen LogP contribution is -2.35. The van der Waals surface area contributed by atoms with Crippen LogP contribution < -0.4 is 11.1 Å². The molecule has 0 bridgehead atoms. The first-order valence-corrected chi connectivity index (χ1v) is 6.78. The van der Waals surface area contributed by atoms with Gasteiger partial charge in [0.2, 0.25) is 0 Å². The van der Waals surface area contributed by atoms with E-state index in [-0.39, 0.29) is 6.04 Å². The molecule has 0 radical (unpaired) electrons. The average molecular weight is 240 g/mol. The third kappa shape index (κ3) is 2.83. The Morgan fingerprint density at radius 2 is 2.44 bits per heavy atom. The van der Waals surface area contributed by atoms with Crippen molar-refractivity contribution >= 4 is 11.3 Å². The first-order chi connectivity index (χ1) is 7.81. The van der Waals surface area contributed by atoms with Crippen molar-refractivity contribution in [1.82, 2.24) is 5.32 Å². The van der Waals surface area contributed by atoms with Crippen LogP contribution in [0.15, 0.2) is 11.4 Å². The molecule has 2 rings (SSSR count). The fraction of sp³-hybridized carbons (Fsp3) is 0.667. The molecule has 1 aliphatic rings. The van der Waals surface area contributed by atoms with Gasteiger partial charge in [0.1, 0.15) is 0 Å². The fourth-order valence-electron chi connectivity index (χ4n) is 2.03. The maximum atomic E-state index is 5.93. The summed E-state index contributed by atoms with van der Waals surface area (Å²) in [5.74, 6) is 0.477. The predicted octanol–water partition coefficient (Wildman–Crippen LogP) is 1.37. The third-order valence-electron chi connectivity index (χ3n) is 3.16. The normalized spacial score (nSPS) is 25.1. The van der Waals surface area contributed by atoms with Crippen molar-refractivity contribution in [2.45, 2.75) is 25.9 Å². The molecule has 1 fully saturated rings. The van der Waals surface area contributed by atoms with Crippen LogP contribution in [0.3, 0.4) is 0 Å². The lowest BCUT2D eigenvalue weighted by molar-refractivity contribution is 0.184. The first kappa shape index (κ1) is 12.0. The Morgan fingerprint density at radius 1 is 1.56 bits per heavy atom. The van der Waals surface area contributed by atoms with Crippen LogP contribution >= 0.6 is 11.3 Å². The van der Waals surface area contributed by atoms with Gasteiger partial charge in [-0.2, -0.15) is 0 Å². The van der Waals surface area contributed by atoms with Gasteiger partial charge in [-0.05, 0) is 23.4 Å². The highest BCUT2D eigenvalue weighted by atomic mass is 32.1. The maximum Gasteiger partial charge on any atom is 0.0621 e. The van der Waals surface area contributed by atoms with E-state index in [2.05, 4.69) is 23.7 Å². The minimum Gasteiger partial charge on any atom is -0.379 e. The molecule has 0 aromatic carbocycles. The van der Waals surface area contributed by atoms with Gasteiger partial charge in [0.15, 0.2) is 0 Å². The quantitative estimate of drug-likeness (QED) is 0.817. The minimum absolute atomic E-state index is 0.210. The SMILES string of the molecule is CCc1ccsc1CNCC1COCC1N. The van der Waals surface area contributed by atoms with E-state index in [1.807, 2.05) is 11.3 Å².